The normalized spacial score (nSPS) is 11.5. The third-order valence-corrected chi connectivity index (χ3v) is 6.36. The maximum absolute atomic E-state index is 3.65. The first-order valence-electron chi connectivity index (χ1n) is 10.1. The van der Waals surface area contributed by atoms with Crippen molar-refractivity contribution < 1.29 is 0 Å². The summed E-state index contributed by atoms with van der Waals surface area (Å²) in [4.78, 5) is 0. The van der Waals surface area contributed by atoms with Crippen molar-refractivity contribution in [3.05, 3.63) is 114 Å². The summed E-state index contributed by atoms with van der Waals surface area (Å²) in [7, 11) is 0. The van der Waals surface area contributed by atoms with Crippen LogP contribution >= 0.6 is 15.9 Å². The molecule has 0 amide bonds. The standard InChI is InChI=1S/C28H18BrN/c29-21-14-17-26-25-9-3-4-11-27(25)30(28(26)18-21)22-15-12-20(13-16-22)24-10-5-7-19-6-1-2-8-23(19)24/h1-18H. The molecule has 0 saturated heterocycles. The van der Waals surface area contributed by atoms with Gasteiger partial charge in [0.1, 0.15) is 0 Å². The molecule has 0 saturated carbocycles. The summed E-state index contributed by atoms with van der Waals surface area (Å²) in [6, 6.07) is 39.1. The molecule has 0 atom stereocenters. The molecule has 0 radical (unpaired) electrons. The Balaban J connectivity index is 1.56. The number of hydrogen-bond acceptors (Lipinski definition) is 0. The molecule has 142 valence electrons. The largest absolute Gasteiger partial charge is 0.309 e. The van der Waals surface area contributed by atoms with Crippen LogP contribution in [0.15, 0.2) is 114 Å². The van der Waals surface area contributed by atoms with E-state index in [9.17, 15) is 0 Å². The Kier molecular flexibility index (Phi) is 4.00. The van der Waals surface area contributed by atoms with Gasteiger partial charge in [0.25, 0.3) is 0 Å². The smallest absolute Gasteiger partial charge is 0.0552 e. The molecule has 6 aromatic rings. The van der Waals surface area contributed by atoms with Crippen molar-refractivity contribution >= 4 is 48.5 Å². The molecular formula is C28H18BrN. The van der Waals surface area contributed by atoms with Gasteiger partial charge in [0, 0.05) is 20.9 Å². The lowest BCUT2D eigenvalue weighted by molar-refractivity contribution is 1.18. The van der Waals surface area contributed by atoms with E-state index < -0.39 is 0 Å². The monoisotopic (exact) mass is 447 g/mol. The zero-order valence-corrected chi connectivity index (χ0v) is 17.8. The molecule has 0 aliphatic heterocycles. The van der Waals surface area contributed by atoms with E-state index in [1.54, 1.807) is 0 Å². The van der Waals surface area contributed by atoms with Gasteiger partial charge in [-0.05, 0) is 52.2 Å². The molecule has 2 heteroatoms. The Morgan fingerprint density at radius 2 is 1.23 bits per heavy atom. The number of aromatic nitrogens is 1. The molecule has 1 nitrogen and oxygen atoms in total. The average Bonchev–Trinajstić information content (AvgIpc) is 3.12. The van der Waals surface area contributed by atoms with Gasteiger partial charge in [-0.2, -0.15) is 0 Å². The fourth-order valence-electron chi connectivity index (χ4n) is 4.49. The summed E-state index contributed by atoms with van der Waals surface area (Å²) in [5.41, 5.74) is 6.11. The quantitative estimate of drug-likeness (QED) is 0.251. The molecule has 0 bridgehead atoms. The van der Waals surface area contributed by atoms with Crippen LogP contribution in [-0.4, -0.2) is 4.57 Å². The van der Waals surface area contributed by atoms with E-state index >= 15 is 0 Å². The minimum absolute atomic E-state index is 1.09. The molecule has 1 aromatic heterocycles. The van der Waals surface area contributed by atoms with Crippen LogP contribution in [0, 0.1) is 0 Å². The second-order valence-corrected chi connectivity index (χ2v) is 8.50. The van der Waals surface area contributed by atoms with E-state index in [-0.39, 0.29) is 0 Å². The summed E-state index contributed by atoms with van der Waals surface area (Å²) in [6.45, 7) is 0. The first-order valence-corrected chi connectivity index (χ1v) is 10.9. The third-order valence-electron chi connectivity index (χ3n) is 5.86. The van der Waals surface area contributed by atoms with E-state index in [2.05, 4.69) is 130 Å². The Hall–Kier alpha value is -3.36. The lowest BCUT2D eigenvalue weighted by Gasteiger charge is -2.11. The summed E-state index contributed by atoms with van der Waals surface area (Å²) in [6.07, 6.45) is 0. The number of fused-ring (bicyclic) bond motifs is 4. The van der Waals surface area contributed by atoms with Crippen LogP contribution in [0.1, 0.15) is 0 Å². The van der Waals surface area contributed by atoms with Crippen LogP contribution in [0.4, 0.5) is 0 Å². The van der Waals surface area contributed by atoms with Gasteiger partial charge in [0.15, 0.2) is 0 Å². The molecule has 30 heavy (non-hydrogen) atoms. The zero-order chi connectivity index (χ0) is 20.1. The first kappa shape index (κ1) is 17.5. The van der Waals surface area contributed by atoms with Crippen LogP contribution < -0.4 is 0 Å². The number of halogens is 1. The summed E-state index contributed by atoms with van der Waals surface area (Å²) in [5.74, 6) is 0. The summed E-state index contributed by atoms with van der Waals surface area (Å²) in [5, 5.41) is 5.10. The highest BCUT2D eigenvalue weighted by Crippen LogP contribution is 2.35. The van der Waals surface area contributed by atoms with Gasteiger partial charge in [-0.15, -0.1) is 0 Å². The first-order chi connectivity index (χ1) is 14.8. The van der Waals surface area contributed by atoms with Crippen molar-refractivity contribution in [1.82, 2.24) is 4.57 Å². The molecular weight excluding hydrogens is 430 g/mol. The molecule has 5 aromatic carbocycles. The van der Waals surface area contributed by atoms with Crippen molar-refractivity contribution in [3.8, 4) is 16.8 Å². The number of hydrogen-bond donors (Lipinski definition) is 0. The number of nitrogens with zero attached hydrogens (tertiary/aromatic N) is 1. The lowest BCUT2D eigenvalue weighted by atomic mass is 9.98. The molecule has 0 fully saturated rings. The molecule has 0 spiro atoms. The second-order valence-electron chi connectivity index (χ2n) is 7.59. The van der Waals surface area contributed by atoms with Crippen molar-refractivity contribution in [2.45, 2.75) is 0 Å². The third kappa shape index (κ3) is 2.68. The average molecular weight is 448 g/mol. The van der Waals surface area contributed by atoms with Gasteiger partial charge in [-0.3, -0.25) is 0 Å². The van der Waals surface area contributed by atoms with Gasteiger partial charge >= 0.3 is 0 Å². The van der Waals surface area contributed by atoms with E-state index in [0.717, 1.165) is 4.47 Å². The molecule has 0 unspecified atom stereocenters. The number of para-hydroxylation sites is 1. The van der Waals surface area contributed by atoms with Crippen LogP contribution in [0.25, 0.3) is 49.4 Å². The van der Waals surface area contributed by atoms with Crippen LogP contribution in [0.5, 0.6) is 0 Å². The molecule has 1 heterocycles. The van der Waals surface area contributed by atoms with Gasteiger partial charge in [-0.25, -0.2) is 0 Å². The maximum Gasteiger partial charge on any atom is 0.0552 e. The Morgan fingerprint density at radius 1 is 0.533 bits per heavy atom. The fraction of sp³-hybridized carbons (Fsp3) is 0. The maximum atomic E-state index is 3.65. The van der Waals surface area contributed by atoms with Gasteiger partial charge < -0.3 is 4.57 Å². The van der Waals surface area contributed by atoms with E-state index in [1.165, 1.54) is 49.4 Å². The van der Waals surface area contributed by atoms with Crippen LogP contribution in [-0.2, 0) is 0 Å². The molecule has 0 aliphatic rings. The molecule has 6 rings (SSSR count). The number of rotatable bonds is 2. The summed E-state index contributed by atoms with van der Waals surface area (Å²) < 4.78 is 3.44. The Morgan fingerprint density at radius 3 is 2.10 bits per heavy atom. The lowest BCUT2D eigenvalue weighted by Crippen LogP contribution is -1.93. The number of benzene rings is 5. The van der Waals surface area contributed by atoms with Crippen molar-refractivity contribution in [3.63, 3.8) is 0 Å². The van der Waals surface area contributed by atoms with Crippen molar-refractivity contribution in [1.29, 1.82) is 0 Å². The van der Waals surface area contributed by atoms with E-state index in [0.29, 0.717) is 0 Å². The van der Waals surface area contributed by atoms with Crippen LogP contribution in [0.3, 0.4) is 0 Å². The Bertz CT molecular complexity index is 1540. The van der Waals surface area contributed by atoms with E-state index in [4.69, 9.17) is 0 Å². The highest BCUT2D eigenvalue weighted by Gasteiger charge is 2.12. The van der Waals surface area contributed by atoms with Gasteiger partial charge in [0.05, 0.1) is 11.0 Å². The second kappa shape index (κ2) is 6.86. The van der Waals surface area contributed by atoms with Gasteiger partial charge in [-0.1, -0.05) is 94.8 Å². The highest BCUT2D eigenvalue weighted by atomic mass is 79.9. The minimum Gasteiger partial charge on any atom is -0.309 e. The topological polar surface area (TPSA) is 4.93 Å². The molecule has 0 aliphatic carbocycles. The van der Waals surface area contributed by atoms with Crippen LogP contribution in [0.2, 0.25) is 0 Å². The van der Waals surface area contributed by atoms with Crippen molar-refractivity contribution in [2.24, 2.45) is 0 Å². The molecule has 0 N–H and O–H groups in total. The van der Waals surface area contributed by atoms with Crippen molar-refractivity contribution in [2.75, 3.05) is 0 Å². The predicted octanol–water partition coefficient (Wildman–Crippen LogP) is 8.37. The zero-order valence-electron chi connectivity index (χ0n) is 16.2. The van der Waals surface area contributed by atoms with Gasteiger partial charge in [0.2, 0.25) is 0 Å². The highest BCUT2D eigenvalue weighted by molar-refractivity contribution is 9.10. The predicted molar refractivity (Wildman–Crippen MR) is 131 cm³/mol. The Labute approximate surface area is 183 Å². The minimum atomic E-state index is 1.09. The summed E-state index contributed by atoms with van der Waals surface area (Å²) >= 11 is 3.65. The fourth-order valence-corrected chi connectivity index (χ4v) is 4.84. The van der Waals surface area contributed by atoms with E-state index in [1.807, 2.05) is 0 Å². The SMILES string of the molecule is Brc1ccc2c3ccccc3n(-c3ccc(-c4cccc5ccccc45)cc3)c2c1.